The predicted octanol–water partition coefficient (Wildman–Crippen LogP) is 3.78. The summed E-state index contributed by atoms with van der Waals surface area (Å²) in [6.45, 7) is 0. The minimum Gasteiger partial charge on any atom is -0.300 e. The molecule has 0 radical (unpaired) electrons. The second-order valence-electron chi connectivity index (χ2n) is 4.10. The molecule has 0 aromatic heterocycles. The van der Waals surface area contributed by atoms with Gasteiger partial charge in [0.15, 0.2) is 0 Å². The fourth-order valence-electron chi connectivity index (χ4n) is 2.35. The summed E-state index contributed by atoms with van der Waals surface area (Å²) in [6.07, 6.45) is 1.99. The second-order valence-corrected chi connectivity index (χ2v) is 4.10. The van der Waals surface area contributed by atoms with E-state index in [0.717, 1.165) is 12.8 Å². The lowest BCUT2D eigenvalue weighted by Crippen LogP contribution is -2.03. The molecule has 2 aliphatic rings. The van der Waals surface area contributed by atoms with Crippen LogP contribution in [0, 0.1) is 0 Å². The van der Waals surface area contributed by atoms with Gasteiger partial charge in [0.05, 0.1) is 0 Å². The minimum atomic E-state index is -2.02. The van der Waals surface area contributed by atoms with E-state index in [1.54, 1.807) is 0 Å². The second kappa shape index (κ2) is 4.77. The van der Waals surface area contributed by atoms with E-state index in [9.17, 15) is 4.79 Å². The van der Waals surface area contributed by atoms with Crippen molar-refractivity contribution in [2.75, 3.05) is 0 Å². The first-order valence-electron chi connectivity index (χ1n) is 7.58. The van der Waals surface area contributed by atoms with Crippen LogP contribution in [-0.2, 0) is 4.79 Å². The van der Waals surface area contributed by atoms with Crippen molar-refractivity contribution in [2.24, 2.45) is 0 Å². The van der Waals surface area contributed by atoms with Crippen LogP contribution in [0.4, 0.5) is 0 Å². The van der Waals surface area contributed by atoms with Crippen molar-refractivity contribution < 1.29 is 10.3 Å². The maximum Gasteiger partial charge on any atom is 0.132 e. The Hall–Kier alpha value is -0.590. The molecule has 0 spiro atoms. The molecule has 0 atom stereocenters. The molecule has 0 bridgehead atoms. The Bertz CT molecular complexity index is 352. The molecule has 14 heavy (non-hydrogen) atoms. The fraction of sp³-hybridized carbons (Fsp3) is 0.769. The van der Waals surface area contributed by atoms with Crippen molar-refractivity contribution in [1.82, 2.24) is 0 Å². The summed E-state index contributed by atoms with van der Waals surface area (Å²) in [5.41, 5.74) is 2.61. The normalized spacial score (nSPS) is 36.4. The van der Waals surface area contributed by atoms with Crippen molar-refractivity contribution in [3.05, 3.63) is 11.1 Å². The van der Waals surface area contributed by atoms with Crippen LogP contribution in [0.25, 0.3) is 0 Å². The monoisotopic (exact) mass is 196 g/mol. The Labute approximate surface area is 92.2 Å². The molecule has 1 nitrogen and oxygen atoms in total. The van der Waals surface area contributed by atoms with Gasteiger partial charge in [-0.25, -0.2) is 0 Å². The number of hydrogen-bond acceptors (Lipinski definition) is 1. The van der Waals surface area contributed by atoms with Crippen LogP contribution in [0.15, 0.2) is 11.1 Å². The summed E-state index contributed by atoms with van der Waals surface area (Å²) in [5, 5.41) is 0. The van der Waals surface area contributed by atoms with Crippen molar-refractivity contribution in [3.8, 4) is 0 Å². The van der Waals surface area contributed by atoms with E-state index in [0.29, 0.717) is 12.8 Å². The zero-order chi connectivity index (χ0) is 13.4. The predicted molar refractivity (Wildman–Crippen MR) is 58.2 cm³/mol. The van der Waals surface area contributed by atoms with Gasteiger partial charge in [-0.3, -0.25) is 4.79 Å². The first kappa shape index (κ1) is 6.09. The van der Waals surface area contributed by atoms with E-state index >= 15 is 0 Å². The van der Waals surface area contributed by atoms with Crippen molar-refractivity contribution in [3.63, 3.8) is 0 Å². The topological polar surface area (TPSA) is 17.1 Å². The van der Waals surface area contributed by atoms with Crippen molar-refractivity contribution in [1.29, 1.82) is 0 Å². The van der Waals surface area contributed by atoms with Gasteiger partial charge in [-0.05, 0) is 51.4 Å². The average Bonchev–Trinajstić information content (AvgIpc) is 2.80. The highest BCUT2D eigenvalue weighted by Crippen LogP contribution is 2.32. The zero-order valence-corrected chi connectivity index (χ0v) is 8.57. The Kier molecular flexibility index (Phi) is 2.07. The maximum absolute atomic E-state index is 11.8. The van der Waals surface area contributed by atoms with E-state index in [1.165, 1.54) is 24.0 Å². The summed E-state index contributed by atoms with van der Waals surface area (Å²) >= 11 is 0. The van der Waals surface area contributed by atoms with E-state index < -0.39 is 18.5 Å². The van der Waals surface area contributed by atoms with Crippen molar-refractivity contribution >= 4 is 5.78 Å². The number of allylic oxidation sites excluding steroid dienone is 2. The fourth-order valence-corrected chi connectivity index (χ4v) is 2.35. The van der Waals surface area contributed by atoms with Crippen LogP contribution >= 0.6 is 0 Å². The summed E-state index contributed by atoms with van der Waals surface area (Å²) in [4.78, 5) is 11.8. The smallest absolute Gasteiger partial charge is 0.132 e. The largest absolute Gasteiger partial charge is 0.300 e. The molecule has 2 rings (SSSR count). The van der Waals surface area contributed by atoms with Crippen LogP contribution in [-0.4, -0.2) is 5.78 Å². The van der Waals surface area contributed by atoms with Gasteiger partial charge in [-0.15, -0.1) is 0 Å². The average molecular weight is 196 g/mol. The highest BCUT2D eigenvalue weighted by Gasteiger charge is 2.15. The lowest BCUT2D eigenvalue weighted by atomic mass is 9.91. The van der Waals surface area contributed by atoms with Gasteiger partial charge in [0.2, 0.25) is 0 Å². The molecular weight excluding hydrogens is 172 g/mol. The molecule has 78 valence electrons. The molecule has 0 saturated heterocycles. The molecule has 2 saturated carbocycles. The first-order valence-corrected chi connectivity index (χ1v) is 5.58. The number of hydrogen-bond donors (Lipinski definition) is 0. The molecular formula is C13H20O. The van der Waals surface area contributed by atoms with Crippen LogP contribution in [0.2, 0.25) is 0 Å². The molecule has 0 heterocycles. The van der Waals surface area contributed by atoms with Gasteiger partial charge in [0.25, 0.3) is 0 Å². The van der Waals surface area contributed by atoms with E-state index in [2.05, 4.69) is 0 Å². The van der Waals surface area contributed by atoms with E-state index in [1.807, 2.05) is 0 Å². The Morgan fingerprint density at radius 2 is 1.21 bits per heavy atom. The summed E-state index contributed by atoms with van der Waals surface area (Å²) in [7, 11) is 0. The van der Waals surface area contributed by atoms with Gasteiger partial charge < -0.3 is 0 Å². The molecule has 0 aromatic rings. The molecule has 0 aromatic carbocycles. The third kappa shape index (κ3) is 2.46. The number of carbonyl (C=O) groups is 1. The van der Waals surface area contributed by atoms with Crippen LogP contribution < -0.4 is 0 Å². The van der Waals surface area contributed by atoms with Gasteiger partial charge in [0.1, 0.15) is 5.78 Å². The lowest BCUT2D eigenvalue weighted by molar-refractivity contribution is -0.119. The highest BCUT2D eigenvalue weighted by molar-refractivity contribution is 5.78. The molecule has 0 aliphatic heterocycles. The number of carbonyl (C=O) groups excluding carboxylic acids is 1. The van der Waals surface area contributed by atoms with Crippen LogP contribution in [0.1, 0.15) is 69.6 Å². The quantitative estimate of drug-likeness (QED) is 0.539. The molecule has 0 amide bonds. The van der Waals surface area contributed by atoms with Crippen molar-refractivity contribution in [2.45, 2.75) is 64.1 Å². The van der Waals surface area contributed by atoms with Crippen LogP contribution in [0.3, 0.4) is 0 Å². The number of ketones is 1. The standard InChI is InChI=1S/C13H20O/c14-13-9-3-7-12(8-4-10-13)11-5-1-2-6-11/h1-10H2/i9D2,10D2. The minimum absolute atomic E-state index is 0.129. The van der Waals surface area contributed by atoms with E-state index in [4.69, 9.17) is 5.48 Å². The number of rotatable bonds is 0. The molecule has 2 fully saturated rings. The zero-order valence-electron chi connectivity index (χ0n) is 12.6. The van der Waals surface area contributed by atoms with Gasteiger partial charge in [0, 0.05) is 18.2 Å². The third-order valence-electron chi connectivity index (χ3n) is 3.13. The summed E-state index contributed by atoms with van der Waals surface area (Å²) < 4.78 is 31.0. The molecule has 2 aliphatic carbocycles. The lowest BCUT2D eigenvalue weighted by Gasteiger charge is -2.14. The SMILES string of the molecule is [2H]C1([2H])CCC(=C2CCCC2)CCC([2H])([2H])C1=O. The van der Waals surface area contributed by atoms with Crippen LogP contribution in [0.5, 0.6) is 0 Å². The highest BCUT2D eigenvalue weighted by atomic mass is 16.1. The van der Waals surface area contributed by atoms with Gasteiger partial charge in [-0.1, -0.05) is 11.1 Å². The molecule has 0 N–H and O–H groups in total. The van der Waals surface area contributed by atoms with Gasteiger partial charge in [-0.2, -0.15) is 0 Å². The number of Topliss-reactive ketones (excluding diaryl/α,β-unsaturated/α-hetero) is 1. The third-order valence-corrected chi connectivity index (χ3v) is 3.13. The molecule has 1 heteroatoms. The van der Waals surface area contributed by atoms with Gasteiger partial charge >= 0.3 is 0 Å². The Balaban J connectivity index is 2.23. The summed E-state index contributed by atoms with van der Waals surface area (Å²) in [6, 6.07) is 0. The van der Waals surface area contributed by atoms with E-state index in [-0.39, 0.29) is 12.8 Å². The summed E-state index contributed by atoms with van der Waals surface area (Å²) in [5.74, 6) is -0.870. The Morgan fingerprint density at radius 1 is 0.786 bits per heavy atom. The maximum atomic E-state index is 11.8. The molecule has 0 unspecified atom stereocenters. The Morgan fingerprint density at radius 3 is 1.71 bits per heavy atom. The first-order chi connectivity index (χ1) is 8.33.